The topological polar surface area (TPSA) is 56.7 Å². The molecule has 2 aromatic rings. The zero-order valence-corrected chi connectivity index (χ0v) is 13.0. The van der Waals surface area contributed by atoms with Crippen molar-refractivity contribution in [2.24, 2.45) is 0 Å². The minimum atomic E-state index is 0.322. The fourth-order valence-electron chi connectivity index (χ4n) is 1.94. The summed E-state index contributed by atoms with van der Waals surface area (Å²) in [6.45, 7) is 4.34. The Morgan fingerprint density at radius 1 is 1.56 bits per heavy atom. The van der Waals surface area contributed by atoms with Crippen LogP contribution in [-0.4, -0.2) is 26.0 Å². The van der Waals surface area contributed by atoms with E-state index in [1.807, 2.05) is 22.4 Å². The lowest BCUT2D eigenvalue weighted by Crippen LogP contribution is -2.10. The molecule has 0 bridgehead atoms. The van der Waals surface area contributed by atoms with Crippen molar-refractivity contribution in [3.63, 3.8) is 0 Å². The zero-order chi connectivity index (χ0) is 13.1. The average Bonchev–Trinajstić information content (AvgIpc) is 2.64. The number of hydrogen-bond acceptors (Lipinski definition) is 4. The van der Waals surface area contributed by atoms with E-state index >= 15 is 0 Å². The van der Waals surface area contributed by atoms with Crippen molar-refractivity contribution in [1.29, 1.82) is 0 Å². The standard InChI is InChI=1S/C12H17BrN4S/c1-3-18-5-4-8(2)17-11-10(16-12(17)14)6-9(13)7-15-11/h6-8H,3-5H2,1-2H3,(H2,14,16). The molecule has 0 aliphatic heterocycles. The second kappa shape index (κ2) is 5.93. The van der Waals surface area contributed by atoms with Gasteiger partial charge in [-0.05, 0) is 46.8 Å². The number of hydrogen-bond donors (Lipinski definition) is 1. The lowest BCUT2D eigenvalue weighted by Gasteiger charge is -2.14. The van der Waals surface area contributed by atoms with E-state index in [2.05, 4.69) is 39.7 Å². The largest absolute Gasteiger partial charge is 0.369 e. The number of thioether (sulfide) groups is 1. The van der Waals surface area contributed by atoms with Crippen LogP contribution in [0.3, 0.4) is 0 Å². The molecule has 2 N–H and O–H groups in total. The van der Waals surface area contributed by atoms with Crippen molar-refractivity contribution in [2.45, 2.75) is 26.3 Å². The number of fused-ring (bicyclic) bond motifs is 1. The monoisotopic (exact) mass is 328 g/mol. The number of imidazole rings is 1. The van der Waals surface area contributed by atoms with Crippen molar-refractivity contribution < 1.29 is 0 Å². The highest BCUT2D eigenvalue weighted by molar-refractivity contribution is 9.10. The Balaban J connectivity index is 2.29. The summed E-state index contributed by atoms with van der Waals surface area (Å²) in [7, 11) is 0. The molecule has 98 valence electrons. The highest BCUT2D eigenvalue weighted by atomic mass is 79.9. The zero-order valence-electron chi connectivity index (χ0n) is 10.6. The first-order valence-electron chi connectivity index (χ1n) is 6.00. The summed E-state index contributed by atoms with van der Waals surface area (Å²) in [6.07, 6.45) is 2.86. The molecule has 2 rings (SSSR count). The Labute approximate surface area is 119 Å². The molecule has 0 spiro atoms. The molecule has 0 radical (unpaired) electrons. The maximum atomic E-state index is 6.00. The number of aromatic nitrogens is 3. The van der Waals surface area contributed by atoms with E-state index in [-0.39, 0.29) is 0 Å². The quantitative estimate of drug-likeness (QED) is 0.853. The van der Waals surface area contributed by atoms with E-state index in [1.54, 1.807) is 6.20 Å². The average molecular weight is 329 g/mol. The highest BCUT2D eigenvalue weighted by Gasteiger charge is 2.15. The van der Waals surface area contributed by atoms with Gasteiger partial charge in [-0.25, -0.2) is 9.97 Å². The number of pyridine rings is 1. The van der Waals surface area contributed by atoms with Crippen LogP contribution in [0.25, 0.3) is 11.2 Å². The Morgan fingerprint density at radius 3 is 3.06 bits per heavy atom. The summed E-state index contributed by atoms with van der Waals surface area (Å²) >= 11 is 5.34. The number of rotatable bonds is 5. The number of nitrogens with zero attached hydrogens (tertiary/aromatic N) is 3. The van der Waals surface area contributed by atoms with Crippen LogP contribution >= 0.6 is 27.7 Å². The first kappa shape index (κ1) is 13.7. The van der Waals surface area contributed by atoms with Crippen LogP contribution in [0.15, 0.2) is 16.7 Å². The number of nitrogens with two attached hydrogens (primary N) is 1. The van der Waals surface area contributed by atoms with Gasteiger partial charge in [0, 0.05) is 16.7 Å². The van der Waals surface area contributed by atoms with Crippen molar-refractivity contribution in [1.82, 2.24) is 14.5 Å². The first-order valence-corrected chi connectivity index (χ1v) is 7.95. The van der Waals surface area contributed by atoms with Crippen LogP contribution in [0.5, 0.6) is 0 Å². The molecular weight excluding hydrogens is 312 g/mol. The van der Waals surface area contributed by atoms with Gasteiger partial charge in [-0.3, -0.25) is 4.57 Å². The van der Waals surface area contributed by atoms with Crippen LogP contribution in [-0.2, 0) is 0 Å². The predicted molar refractivity (Wildman–Crippen MR) is 82.0 cm³/mol. The summed E-state index contributed by atoms with van der Waals surface area (Å²) in [6, 6.07) is 2.27. The van der Waals surface area contributed by atoms with Crippen LogP contribution in [0, 0.1) is 0 Å². The summed E-state index contributed by atoms with van der Waals surface area (Å²) < 4.78 is 2.95. The number of halogens is 1. The lowest BCUT2D eigenvalue weighted by atomic mass is 10.2. The van der Waals surface area contributed by atoms with E-state index in [0.29, 0.717) is 12.0 Å². The Kier molecular flexibility index (Phi) is 4.50. The van der Waals surface area contributed by atoms with Gasteiger partial charge in [0.1, 0.15) is 5.52 Å². The second-order valence-electron chi connectivity index (χ2n) is 4.17. The highest BCUT2D eigenvalue weighted by Crippen LogP contribution is 2.25. The minimum absolute atomic E-state index is 0.322. The van der Waals surface area contributed by atoms with Crippen LogP contribution in [0.4, 0.5) is 5.95 Å². The molecule has 0 fully saturated rings. The second-order valence-corrected chi connectivity index (χ2v) is 6.48. The van der Waals surface area contributed by atoms with Gasteiger partial charge in [0.15, 0.2) is 5.65 Å². The summed E-state index contributed by atoms with van der Waals surface area (Å²) in [5, 5.41) is 0. The molecule has 4 nitrogen and oxygen atoms in total. The smallest absolute Gasteiger partial charge is 0.202 e. The molecule has 0 aliphatic rings. The Morgan fingerprint density at radius 2 is 2.33 bits per heavy atom. The van der Waals surface area contributed by atoms with E-state index in [1.165, 1.54) is 0 Å². The van der Waals surface area contributed by atoms with E-state index < -0.39 is 0 Å². The van der Waals surface area contributed by atoms with Gasteiger partial charge >= 0.3 is 0 Å². The summed E-state index contributed by atoms with van der Waals surface area (Å²) in [5.41, 5.74) is 7.71. The minimum Gasteiger partial charge on any atom is -0.369 e. The number of nitrogen functional groups attached to an aromatic ring is 1. The van der Waals surface area contributed by atoms with Gasteiger partial charge in [0.05, 0.1) is 0 Å². The Bertz CT molecular complexity index is 540. The molecule has 2 aromatic heterocycles. The van der Waals surface area contributed by atoms with Crippen molar-refractivity contribution in [3.8, 4) is 0 Å². The van der Waals surface area contributed by atoms with Gasteiger partial charge in [-0.15, -0.1) is 0 Å². The molecule has 6 heteroatoms. The van der Waals surface area contributed by atoms with E-state index in [9.17, 15) is 0 Å². The fraction of sp³-hybridized carbons (Fsp3) is 0.500. The Hall–Kier alpha value is -0.750. The third kappa shape index (κ3) is 2.80. The van der Waals surface area contributed by atoms with E-state index in [0.717, 1.165) is 33.6 Å². The molecule has 0 saturated heterocycles. The van der Waals surface area contributed by atoms with Gasteiger partial charge in [0.2, 0.25) is 5.95 Å². The normalized spacial score (nSPS) is 13.1. The maximum Gasteiger partial charge on any atom is 0.202 e. The van der Waals surface area contributed by atoms with E-state index in [4.69, 9.17) is 5.73 Å². The van der Waals surface area contributed by atoms with Crippen molar-refractivity contribution in [2.75, 3.05) is 17.2 Å². The maximum absolute atomic E-state index is 6.00. The molecule has 0 amide bonds. The first-order chi connectivity index (χ1) is 8.63. The van der Waals surface area contributed by atoms with Gasteiger partial charge < -0.3 is 5.73 Å². The molecule has 1 unspecified atom stereocenters. The molecule has 2 heterocycles. The molecule has 0 aliphatic carbocycles. The third-order valence-electron chi connectivity index (χ3n) is 2.85. The number of anilines is 1. The summed E-state index contributed by atoms with van der Waals surface area (Å²) in [5.74, 6) is 2.83. The van der Waals surface area contributed by atoms with Crippen LogP contribution in [0.2, 0.25) is 0 Å². The van der Waals surface area contributed by atoms with Gasteiger partial charge in [0.25, 0.3) is 0 Å². The van der Waals surface area contributed by atoms with Gasteiger partial charge in [-0.1, -0.05) is 6.92 Å². The molecule has 0 aromatic carbocycles. The molecule has 0 saturated carbocycles. The fourth-order valence-corrected chi connectivity index (χ4v) is 3.05. The lowest BCUT2D eigenvalue weighted by molar-refractivity contribution is 0.552. The molecule has 1 atom stereocenters. The molecule has 18 heavy (non-hydrogen) atoms. The SMILES string of the molecule is CCSCCC(C)n1c(N)nc2cc(Br)cnc21. The van der Waals surface area contributed by atoms with Gasteiger partial charge in [-0.2, -0.15) is 11.8 Å². The molecular formula is C12H17BrN4S. The summed E-state index contributed by atoms with van der Waals surface area (Å²) in [4.78, 5) is 8.78. The predicted octanol–water partition coefficient (Wildman–Crippen LogP) is 3.48. The van der Waals surface area contributed by atoms with Crippen molar-refractivity contribution >= 4 is 44.8 Å². The third-order valence-corrected chi connectivity index (χ3v) is 4.22. The van der Waals surface area contributed by atoms with Crippen LogP contribution in [0.1, 0.15) is 26.3 Å². The van der Waals surface area contributed by atoms with Crippen molar-refractivity contribution in [3.05, 3.63) is 16.7 Å². The van der Waals surface area contributed by atoms with Crippen LogP contribution < -0.4 is 5.73 Å².